The number of hydrogen-bond donors (Lipinski definition) is 0. The molecule has 0 radical (unpaired) electrons. The molecule has 0 bridgehead atoms. The van der Waals surface area contributed by atoms with Gasteiger partial charge in [-0.1, -0.05) is 17.7 Å². The fourth-order valence-electron chi connectivity index (χ4n) is 4.53. The van der Waals surface area contributed by atoms with Crippen molar-refractivity contribution in [1.29, 1.82) is 0 Å². The lowest BCUT2D eigenvalue weighted by atomic mass is 9.99. The van der Waals surface area contributed by atoms with Gasteiger partial charge in [0.2, 0.25) is 10.0 Å². The number of rotatable bonds is 5. The maximum absolute atomic E-state index is 13.0. The number of halogens is 1. The molecule has 0 N–H and O–H groups in total. The first-order valence-corrected chi connectivity index (χ1v) is 14.0. The highest BCUT2D eigenvalue weighted by Gasteiger charge is 2.32. The molecular formula is C23H31ClN4O3S2. The standard InChI is InChI=1S/C23H31ClN4O3S2/c1-16-4-5-19(14-20(16)24)33(30,31)28-12-6-17(7-13-28)22-25-21(15-32-22)23(29)27(3)18-8-10-26(2)11-9-18/h4-5,14-15,17-18H,6-13H2,1-3H3. The largest absolute Gasteiger partial charge is 0.337 e. The number of aromatic nitrogens is 1. The molecule has 7 nitrogen and oxygen atoms in total. The van der Waals surface area contributed by atoms with E-state index in [2.05, 4.69) is 16.9 Å². The lowest BCUT2D eigenvalue weighted by Gasteiger charge is -2.34. The first-order valence-electron chi connectivity index (χ1n) is 11.3. The molecule has 2 fully saturated rings. The first-order chi connectivity index (χ1) is 15.7. The van der Waals surface area contributed by atoms with E-state index in [1.165, 1.54) is 21.7 Å². The Kier molecular flexibility index (Phi) is 7.45. The summed E-state index contributed by atoms with van der Waals surface area (Å²) in [6.07, 6.45) is 3.33. The van der Waals surface area contributed by atoms with Crippen LogP contribution in [0.4, 0.5) is 0 Å². The molecular weight excluding hydrogens is 480 g/mol. The average Bonchev–Trinajstić information content (AvgIpc) is 3.31. The van der Waals surface area contributed by atoms with Crippen molar-refractivity contribution < 1.29 is 13.2 Å². The van der Waals surface area contributed by atoms with Crippen LogP contribution in [-0.2, 0) is 10.0 Å². The van der Waals surface area contributed by atoms with E-state index in [9.17, 15) is 13.2 Å². The highest BCUT2D eigenvalue weighted by atomic mass is 35.5. The number of sulfonamides is 1. The molecule has 10 heteroatoms. The number of hydrogen-bond acceptors (Lipinski definition) is 6. The Labute approximate surface area is 205 Å². The molecule has 2 aromatic rings. The van der Waals surface area contributed by atoms with Crippen molar-refractivity contribution in [3.05, 3.63) is 44.9 Å². The Balaban J connectivity index is 1.37. The monoisotopic (exact) mass is 510 g/mol. The zero-order valence-corrected chi connectivity index (χ0v) is 21.7. The molecule has 180 valence electrons. The summed E-state index contributed by atoms with van der Waals surface area (Å²) in [4.78, 5) is 22.0. The van der Waals surface area contributed by atoms with E-state index in [1.807, 2.05) is 24.3 Å². The topological polar surface area (TPSA) is 73.8 Å². The summed E-state index contributed by atoms with van der Waals surface area (Å²) in [6.45, 7) is 4.71. The van der Waals surface area contributed by atoms with Gasteiger partial charge in [0.05, 0.1) is 9.90 Å². The zero-order chi connectivity index (χ0) is 23.8. The smallest absolute Gasteiger partial charge is 0.273 e. The number of nitrogens with zero attached hydrogens (tertiary/aromatic N) is 4. The van der Waals surface area contributed by atoms with E-state index in [0.717, 1.165) is 36.5 Å². The van der Waals surface area contributed by atoms with Crippen LogP contribution >= 0.6 is 22.9 Å². The van der Waals surface area contributed by atoms with Gasteiger partial charge in [0.15, 0.2) is 0 Å². The van der Waals surface area contributed by atoms with Crippen LogP contribution in [0, 0.1) is 6.92 Å². The summed E-state index contributed by atoms with van der Waals surface area (Å²) in [7, 11) is 0.406. The van der Waals surface area contributed by atoms with Crippen molar-refractivity contribution in [1.82, 2.24) is 19.1 Å². The minimum absolute atomic E-state index is 0.0247. The number of carbonyl (C=O) groups excluding carboxylic acids is 1. The third-order valence-corrected chi connectivity index (χ3v) is 10.2. The SMILES string of the molecule is Cc1ccc(S(=O)(=O)N2CCC(c3nc(C(=O)N(C)C4CCN(C)CC4)cs3)CC2)cc1Cl. The zero-order valence-electron chi connectivity index (χ0n) is 19.3. The van der Waals surface area contributed by atoms with Gasteiger partial charge in [-0.2, -0.15) is 4.31 Å². The summed E-state index contributed by atoms with van der Waals surface area (Å²) >= 11 is 7.65. The lowest BCUT2D eigenvalue weighted by molar-refractivity contribution is 0.0654. The number of amides is 1. The van der Waals surface area contributed by atoms with Gasteiger partial charge in [0, 0.05) is 42.5 Å². The van der Waals surface area contributed by atoms with Gasteiger partial charge in [0.25, 0.3) is 5.91 Å². The molecule has 4 rings (SSSR count). The minimum atomic E-state index is -3.58. The average molecular weight is 511 g/mol. The van der Waals surface area contributed by atoms with Crippen molar-refractivity contribution in [3.8, 4) is 0 Å². The van der Waals surface area contributed by atoms with E-state index in [1.54, 1.807) is 12.1 Å². The first kappa shape index (κ1) is 24.6. The van der Waals surface area contributed by atoms with E-state index >= 15 is 0 Å². The number of thiazole rings is 1. The van der Waals surface area contributed by atoms with E-state index in [0.29, 0.717) is 36.6 Å². The van der Waals surface area contributed by atoms with Crippen LogP contribution in [-0.4, -0.2) is 79.7 Å². The number of likely N-dealkylation sites (tertiary alicyclic amines) is 1. The molecule has 0 spiro atoms. The van der Waals surface area contributed by atoms with Gasteiger partial charge in [-0.05, 0) is 70.4 Å². The van der Waals surface area contributed by atoms with Gasteiger partial charge in [-0.3, -0.25) is 4.79 Å². The number of aryl methyl sites for hydroxylation is 1. The predicted octanol–water partition coefficient (Wildman–Crippen LogP) is 3.84. The second-order valence-electron chi connectivity index (χ2n) is 9.11. The summed E-state index contributed by atoms with van der Waals surface area (Å²) in [5.41, 5.74) is 1.35. The molecule has 1 amide bonds. The maximum Gasteiger partial charge on any atom is 0.273 e. The van der Waals surface area contributed by atoms with Crippen molar-refractivity contribution in [3.63, 3.8) is 0 Å². The molecule has 1 aromatic heterocycles. The molecule has 2 aliphatic rings. The number of piperidine rings is 2. The van der Waals surface area contributed by atoms with Gasteiger partial charge in [-0.15, -0.1) is 11.3 Å². The molecule has 0 unspecified atom stereocenters. The molecule has 2 aliphatic heterocycles. The van der Waals surface area contributed by atoms with Crippen LogP contribution < -0.4 is 0 Å². The summed E-state index contributed by atoms with van der Waals surface area (Å²) in [5, 5.41) is 3.22. The Morgan fingerprint density at radius 2 is 1.82 bits per heavy atom. The van der Waals surface area contributed by atoms with Gasteiger partial charge in [-0.25, -0.2) is 13.4 Å². The minimum Gasteiger partial charge on any atom is -0.337 e. The second kappa shape index (κ2) is 10.00. The normalized spacial score (nSPS) is 19.6. The molecule has 0 aliphatic carbocycles. The van der Waals surface area contributed by atoms with Crippen molar-refractivity contribution >= 4 is 38.9 Å². The van der Waals surface area contributed by atoms with Crippen molar-refractivity contribution in [2.45, 2.75) is 49.5 Å². The molecule has 33 heavy (non-hydrogen) atoms. The van der Waals surface area contributed by atoms with E-state index in [4.69, 9.17) is 11.6 Å². The summed E-state index contributed by atoms with van der Waals surface area (Å²) in [5.74, 6) is 0.140. The fraction of sp³-hybridized carbons (Fsp3) is 0.565. The quantitative estimate of drug-likeness (QED) is 0.611. The van der Waals surface area contributed by atoms with Crippen molar-refractivity contribution in [2.75, 3.05) is 40.3 Å². The van der Waals surface area contributed by atoms with Crippen LogP contribution in [0.25, 0.3) is 0 Å². The molecule has 0 saturated carbocycles. The van der Waals surface area contributed by atoms with Crippen LogP contribution in [0.2, 0.25) is 5.02 Å². The molecule has 0 atom stereocenters. The predicted molar refractivity (Wildman–Crippen MR) is 132 cm³/mol. The van der Waals surface area contributed by atoms with Crippen LogP contribution in [0.5, 0.6) is 0 Å². The molecule has 2 saturated heterocycles. The Morgan fingerprint density at radius 1 is 1.15 bits per heavy atom. The van der Waals surface area contributed by atoms with Gasteiger partial charge in [0.1, 0.15) is 5.69 Å². The summed E-state index contributed by atoms with van der Waals surface area (Å²) in [6, 6.07) is 5.13. The number of benzene rings is 1. The fourth-order valence-corrected chi connectivity index (χ4v) is 7.24. The van der Waals surface area contributed by atoms with Crippen LogP contribution in [0.3, 0.4) is 0 Å². The van der Waals surface area contributed by atoms with Crippen molar-refractivity contribution in [2.24, 2.45) is 0 Å². The molecule has 3 heterocycles. The van der Waals surface area contributed by atoms with Crippen LogP contribution in [0.1, 0.15) is 52.7 Å². The highest BCUT2D eigenvalue weighted by Crippen LogP contribution is 2.33. The van der Waals surface area contributed by atoms with Gasteiger partial charge >= 0.3 is 0 Å². The van der Waals surface area contributed by atoms with E-state index < -0.39 is 10.0 Å². The van der Waals surface area contributed by atoms with Crippen LogP contribution in [0.15, 0.2) is 28.5 Å². The second-order valence-corrected chi connectivity index (χ2v) is 12.3. The van der Waals surface area contributed by atoms with E-state index in [-0.39, 0.29) is 22.8 Å². The Hall–Kier alpha value is -1.52. The lowest BCUT2D eigenvalue weighted by Crippen LogP contribution is -2.44. The molecule has 1 aromatic carbocycles. The third-order valence-electron chi connectivity index (χ3n) is 6.88. The Morgan fingerprint density at radius 3 is 2.45 bits per heavy atom. The highest BCUT2D eigenvalue weighted by molar-refractivity contribution is 7.89. The third kappa shape index (κ3) is 5.27. The Bertz CT molecular complexity index is 1100. The number of carbonyl (C=O) groups is 1. The summed E-state index contributed by atoms with van der Waals surface area (Å²) < 4.78 is 27.6. The maximum atomic E-state index is 13.0. The van der Waals surface area contributed by atoms with Gasteiger partial charge < -0.3 is 9.80 Å².